The van der Waals surface area contributed by atoms with Gasteiger partial charge in [-0.25, -0.2) is 4.68 Å². The quantitative estimate of drug-likeness (QED) is 0.548. The van der Waals surface area contributed by atoms with E-state index in [-0.39, 0.29) is 5.91 Å². The summed E-state index contributed by atoms with van der Waals surface area (Å²) in [7, 11) is 1.63. The van der Waals surface area contributed by atoms with E-state index in [4.69, 9.17) is 4.74 Å². The molecule has 0 bridgehead atoms. The summed E-state index contributed by atoms with van der Waals surface area (Å²) in [5.74, 6) is 0.521. The van der Waals surface area contributed by atoms with Gasteiger partial charge in [0.05, 0.1) is 30.7 Å². The van der Waals surface area contributed by atoms with Crippen molar-refractivity contribution in [2.45, 2.75) is 6.54 Å². The molecule has 0 spiro atoms. The van der Waals surface area contributed by atoms with E-state index in [1.807, 2.05) is 72.8 Å². The van der Waals surface area contributed by atoms with E-state index in [9.17, 15) is 4.79 Å². The second kappa shape index (κ2) is 8.39. The molecule has 0 atom stereocenters. The number of hydrogen-bond acceptors (Lipinski definition) is 4. The van der Waals surface area contributed by atoms with E-state index >= 15 is 0 Å². The molecule has 0 aliphatic rings. The number of carbonyl (C=O) groups excluding carboxylic acids is 1. The molecule has 29 heavy (non-hydrogen) atoms. The van der Waals surface area contributed by atoms with Gasteiger partial charge < -0.3 is 10.1 Å². The van der Waals surface area contributed by atoms with Gasteiger partial charge >= 0.3 is 0 Å². The summed E-state index contributed by atoms with van der Waals surface area (Å²) >= 11 is 0. The number of para-hydroxylation sites is 1. The average molecular weight is 384 g/mol. The lowest BCUT2D eigenvalue weighted by Gasteiger charge is -2.08. The second-order valence-corrected chi connectivity index (χ2v) is 6.39. The van der Waals surface area contributed by atoms with Crippen molar-refractivity contribution in [1.82, 2.24) is 20.1 Å². The Morgan fingerprint density at radius 2 is 1.76 bits per heavy atom. The van der Waals surface area contributed by atoms with Crippen molar-refractivity contribution >= 4 is 5.91 Å². The molecule has 0 unspecified atom stereocenters. The van der Waals surface area contributed by atoms with Crippen LogP contribution in [-0.2, 0) is 6.54 Å². The number of methoxy groups -OCH3 is 1. The first-order valence-electron chi connectivity index (χ1n) is 9.22. The summed E-state index contributed by atoms with van der Waals surface area (Å²) in [6, 6.07) is 24.8. The van der Waals surface area contributed by atoms with Crippen LogP contribution in [0.4, 0.5) is 0 Å². The van der Waals surface area contributed by atoms with E-state index in [0.29, 0.717) is 12.2 Å². The van der Waals surface area contributed by atoms with Gasteiger partial charge in [0.1, 0.15) is 5.75 Å². The Hall–Kier alpha value is -3.93. The largest absolute Gasteiger partial charge is 0.497 e. The molecule has 0 aliphatic heterocycles. The lowest BCUT2D eigenvalue weighted by Crippen LogP contribution is -2.23. The minimum atomic E-state index is -0.250. The summed E-state index contributed by atoms with van der Waals surface area (Å²) in [6.07, 6.45) is 1.70. The molecule has 0 saturated heterocycles. The fourth-order valence-corrected chi connectivity index (χ4v) is 2.99. The molecular formula is C23H20N4O2. The summed E-state index contributed by atoms with van der Waals surface area (Å²) in [4.78, 5) is 16.9. The van der Waals surface area contributed by atoms with Gasteiger partial charge in [0.15, 0.2) is 5.69 Å². The first-order valence-corrected chi connectivity index (χ1v) is 9.22. The van der Waals surface area contributed by atoms with Gasteiger partial charge in [-0.2, -0.15) is 5.10 Å². The molecule has 2 aromatic carbocycles. The molecule has 6 nitrogen and oxygen atoms in total. The zero-order valence-corrected chi connectivity index (χ0v) is 15.9. The summed E-state index contributed by atoms with van der Waals surface area (Å²) in [5, 5.41) is 7.44. The number of ether oxygens (including phenoxy) is 1. The van der Waals surface area contributed by atoms with E-state index in [2.05, 4.69) is 15.4 Å². The Bertz CT molecular complexity index is 1090. The molecule has 0 radical (unpaired) electrons. The molecule has 2 aromatic heterocycles. The molecule has 2 heterocycles. The van der Waals surface area contributed by atoms with Gasteiger partial charge in [-0.1, -0.05) is 24.3 Å². The molecule has 4 rings (SSSR count). The van der Waals surface area contributed by atoms with E-state index in [0.717, 1.165) is 28.4 Å². The van der Waals surface area contributed by atoms with Gasteiger partial charge in [-0.15, -0.1) is 0 Å². The average Bonchev–Trinajstić information content (AvgIpc) is 3.24. The Labute approximate surface area is 168 Å². The molecule has 1 amide bonds. The number of rotatable bonds is 6. The smallest absolute Gasteiger partial charge is 0.272 e. The highest BCUT2D eigenvalue weighted by Gasteiger charge is 2.17. The number of nitrogens with one attached hydrogen (secondary N) is 1. The highest BCUT2D eigenvalue weighted by molar-refractivity contribution is 5.93. The van der Waals surface area contributed by atoms with Crippen LogP contribution < -0.4 is 10.1 Å². The maximum absolute atomic E-state index is 12.7. The predicted octanol–water partition coefficient (Wildman–Crippen LogP) is 3.87. The van der Waals surface area contributed by atoms with Crippen molar-refractivity contribution in [3.05, 3.63) is 96.4 Å². The first-order chi connectivity index (χ1) is 14.2. The van der Waals surface area contributed by atoms with Crippen LogP contribution in [0.5, 0.6) is 5.75 Å². The van der Waals surface area contributed by atoms with Crippen molar-refractivity contribution in [3.63, 3.8) is 0 Å². The van der Waals surface area contributed by atoms with Crippen LogP contribution in [0.1, 0.15) is 16.2 Å². The Morgan fingerprint density at radius 3 is 2.45 bits per heavy atom. The second-order valence-electron chi connectivity index (χ2n) is 6.39. The maximum Gasteiger partial charge on any atom is 0.272 e. The van der Waals surface area contributed by atoms with Crippen molar-refractivity contribution in [2.24, 2.45) is 0 Å². The van der Waals surface area contributed by atoms with Crippen LogP contribution in [0, 0.1) is 0 Å². The fourth-order valence-electron chi connectivity index (χ4n) is 2.99. The molecule has 0 fully saturated rings. The predicted molar refractivity (Wildman–Crippen MR) is 111 cm³/mol. The fraction of sp³-hybridized carbons (Fsp3) is 0.0870. The molecule has 4 aromatic rings. The molecule has 144 valence electrons. The molecule has 0 aliphatic carbocycles. The number of carbonyl (C=O) groups is 1. The van der Waals surface area contributed by atoms with Gasteiger partial charge in [-0.3, -0.25) is 9.78 Å². The minimum Gasteiger partial charge on any atom is -0.497 e. The van der Waals surface area contributed by atoms with E-state index < -0.39 is 0 Å². The van der Waals surface area contributed by atoms with Crippen LogP contribution in [0.3, 0.4) is 0 Å². The summed E-state index contributed by atoms with van der Waals surface area (Å²) in [5.41, 5.74) is 3.77. The summed E-state index contributed by atoms with van der Waals surface area (Å²) < 4.78 is 7.02. The summed E-state index contributed by atoms with van der Waals surface area (Å²) in [6.45, 7) is 0.343. The Balaban J connectivity index is 1.66. The lowest BCUT2D eigenvalue weighted by atomic mass is 10.1. The van der Waals surface area contributed by atoms with Crippen molar-refractivity contribution in [2.75, 3.05) is 7.11 Å². The highest BCUT2D eigenvalue weighted by atomic mass is 16.5. The maximum atomic E-state index is 12.7. The van der Waals surface area contributed by atoms with Crippen LogP contribution in [0.15, 0.2) is 85.1 Å². The Kier molecular flexibility index (Phi) is 5.33. The molecule has 6 heteroatoms. The number of pyridine rings is 1. The molecular weight excluding hydrogens is 364 g/mol. The van der Waals surface area contributed by atoms with Gasteiger partial charge in [0.2, 0.25) is 0 Å². The van der Waals surface area contributed by atoms with E-state index in [1.165, 1.54) is 0 Å². The number of aromatic nitrogens is 3. The normalized spacial score (nSPS) is 10.5. The van der Waals surface area contributed by atoms with Crippen LogP contribution in [-0.4, -0.2) is 27.8 Å². The minimum absolute atomic E-state index is 0.250. The highest BCUT2D eigenvalue weighted by Crippen LogP contribution is 2.26. The number of benzene rings is 2. The van der Waals surface area contributed by atoms with Crippen molar-refractivity contribution in [1.29, 1.82) is 0 Å². The third-order valence-corrected chi connectivity index (χ3v) is 4.48. The standard InChI is InChI=1S/C23H20N4O2/c1-29-20-12-10-17(11-13-20)22-15-21(26-27(22)19-8-3-2-4-9-19)23(28)25-16-18-7-5-6-14-24-18/h2-15H,16H2,1H3,(H,25,28). The van der Waals surface area contributed by atoms with Gasteiger partial charge in [0, 0.05) is 11.8 Å². The third-order valence-electron chi connectivity index (χ3n) is 4.48. The SMILES string of the molecule is COc1ccc(-c2cc(C(=O)NCc3ccccn3)nn2-c2ccccc2)cc1. The van der Waals surface area contributed by atoms with Crippen LogP contribution in [0.2, 0.25) is 0 Å². The zero-order valence-electron chi connectivity index (χ0n) is 15.9. The Morgan fingerprint density at radius 1 is 1.00 bits per heavy atom. The lowest BCUT2D eigenvalue weighted by molar-refractivity contribution is 0.0945. The molecule has 0 saturated carbocycles. The van der Waals surface area contributed by atoms with Crippen molar-refractivity contribution in [3.8, 4) is 22.7 Å². The number of nitrogens with zero attached hydrogens (tertiary/aromatic N) is 3. The number of hydrogen-bond donors (Lipinski definition) is 1. The van der Waals surface area contributed by atoms with Gasteiger partial charge in [0.25, 0.3) is 5.91 Å². The third kappa shape index (κ3) is 4.16. The topological polar surface area (TPSA) is 69.0 Å². The number of amides is 1. The first kappa shape index (κ1) is 18.4. The monoisotopic (exact) mass is 384 g/mol. The van der Waals surface area contributed by atoms with Gasteiger partial charge in [-0.05, 0) is 54.6 Å². The zero-order chi connectivity index (χ0) is 20.1. The van der Waals surface area contributed by atoms with Crippen LogP contribution in [0.25, 0.3) is 16.9 Å². The van der Waals surface area contributed by atoms with Crippen LogP contribution >= 0.6 is 0 Å². The van der Waals surface area contributed by atoms with Crippen molar-refractivity contribution < 1.29 is 9.53 Å². The molecule has 1 N–H and O–H groups in total. The van der Waals surface area contributed by atoms with E-state index in [1.54, 1.807) is 24.1 Å².